The van der Waals surface area contributed by atoms with Gasteiger partial charge >= 0.3 is 0 Å². The Morgan fingerprint density at radius 3 is 2.89 bits per heavy atom. The summed E-state index contributed by atoms with van der Waals surface area (Å²) in [5.74, 6) is 0.954. The highest BCUT2D eigenvalue weighted by atomic mass is 16.5. The highest BCUT2D eigenvalue weighted by Gasteiger charge is 2.15. The molecular weight excluding hydrogens is 114 g/mol. The normalized spacial score (nSPS) is 13.4. The Morgan fingerprint density at radius 1 is 1.56 bits per heavy atom. The summed E-state index contributed by atoms with van der Waals surface area (Å²) in [7, 11) is 0. The summed E-state index contributed by atoms with van der Waals surface area (Å²) in [6.07, 6.45) is 3.62. The minimum atomic E-state index is 0.768. The molecule has 0 fully saturated rings. The molecule has 0 amide bonds. The predicted molar refractivity (Wildman–Crippen MR) is 33.3 cm³/mol. The molecule has 0 radical (unpaired) electrons. The number of hydrogen-bond acceptors (Lipinski definition) is 2. The zero-order chi connectivity index (χ0) is 6.27. The van der Waals surface area contributed by atoms with Gasteiger partial charge in [-0.25, -0.2) is 0 Å². The number of fused-ring (bicyclic) bond motifs is 1. The quantitative estimate of drug-likeness (QED) is 0.516. The van der Waals surface area contributed by atoms with Crippen molar-refractivity contribution in [3.8, 4) is 5.75 Å². The van der Waals surface area contributed by atoms with Crippen LogP contribution in [0.3, 0.4) is 0 Å². The molecular formula is C7H7NO. The predicted octanol–water partition coefficient (Wildman–Crippen LogP) is 1.28. The molecule has 2 rings (SSSR count). The van der Waals surface area contributed by atoms with Crippen LogP contribution in [-0.4, -0.2) is 4.98 Å². The van der Waals surface area contributed by atoms with Crippen LogP contribution in [0, 0.1) is 6.92 Å². The first-order valence-corrected chi connectivity index (χ1v) is 2.94. The molecule has 0 aliphatic carbocycles. The van der Waals surface area contributed by atoms with Gasteiger partial charge in [0.2, 0.25) is 0 Å². The zero-order valence-electron chi connectivity index (χ0n) is 5.22. The maximum atomic E-state index is 5.09. The Hall–Kier alpha value is -1.05. The van der Waals surface area contributed by atoms with E-state index in [-0.39, 0.29) is 0 Å². The van der Waals surface area contributed by atoms with Gasteiger partial charge in [-0.3, -0.25) is 4.98 Å². The molecule has 0 saturated carbocycles. The minimum absolute atomic E-state index is 0.768. The first kappa shape index (κ1) is 4.79. The summed E-state index contributed by atoms with van der Waals surface area (Å²) in [5.41, 5.74) is 2.55. The SMILES string of the molecule is Cc1cncc2c1CO2. The van der Waals surface area contributed by atoms with Crippen LogP contribution in [0.1, 0.15) is 11.1 Å². The number of pyridine rings is 1. The van der Waals surface area contributed by atoms with Crippen LogP contribution in [0.5, 0.6) is 5.75 Å². The van der Waals surface area contributed by atoms with Crippen LogP contribution >= 0.6 is 0 Å². The van der Waals surface area contributed by atoms with Crippen molar-refractivity contribution in [1.29, 1.82) is 0 Å². The lowest BCUT2D eigenvalue weighted by molar-refractivity contribution is 0.240. The van der Waals surface area contributed by atoms with E-state index in [2.05, 4.69) is 4.98 Å². The van der Waals surface area contributed by atoms with Crippen molar-refractivity contribution in [3.63, 3.8) is 0 Å². The Bertz CT molecular complexity index is 230. The largest absolute Gasteiger partial charge is 0.487 e. The van der Waals surface area contributed by atoms with E-state index in [0.29, 0.717) is 0 Å². The van der Waals surface area contributed by atoms with Gasteiger partial charge in [0, 0.05) is 11.8 Å². The molecule has 46 valence electrons. The van der Waals surface area contributed by atoms with E-state index >= 15 is 0 Å². The molecule has 1 aliphatic rings. The summed E-state index contributed by atoms with van der Waals surface area (Å²) in [5, 5.41) is 0. The van der Waals surface area contributed by atoms with Crippen molar-refractivity contribution >= 4 is 0 Å². The van der Waals surface area contributed by atoms with Crippen molar-refractivity contribution in [2.45, 2.75) is 13.5 Å². The molecule has 0 bridgehead atoms. The van der Waals surface area contributed by atoms with Crippen LogP contribution < -0.4 is 4.74 Å². The molecule has 1 aromatic rings. The van der Waals surface area contributed by atoms with Crippen molar-refractivity contribution in [3.05, 3.63) is 23.5 Å². The first-order chi connectivity index (χ1) is 4.38. The average Bonchev–Trinajstić information content (AvgIpc) is 1.74. The molecule has 0 aromatic carbocycles. The second kappa shape index (κ2) is 1.47. The zero-order valence-corrected chi connectivity index (χ0v) is 5.22. The molecule has 0 unspecified atom stereocenters. The van der Waals surface area contributed by atoms with Gasteiger partial charge in [-0.15, -0.1) is 0 Å². The van der Waals surface area contributed by atoms with Crippen molar-refractivity contribution in [2.24, 2.45) is 0 Å². The third-order valence-corrected chi connectivity index (χ3v) is 1.61. The summed E-state index contributed by atoms with van der Waals surface area (Å²) in [4.78, 5) is 3.97. The Kier molecular flexibility index (Phi) is 0.781. The molecule has 2 heterocycles. The number of hydrogen-bond donors (Lipinski definition) is 0. The standard InChI is InChI=1S/C7H7NO/c1-5-2-8-3-7-6(5)4-9-7/h2-3H,4H2,1H3. The second-order valence-corrected chi connectivity index (χ2v) is 2.22. The van der Waals surface area contributed by atoms with Gasteiger partial charge in [0.15, 0.2) is 0 Å². The van der Waals surface area contributed by atoms with E-state index in [9.17, 15) is 0 Å². The van der Waals surface area contributed by atoms with E-state index < -0.39 is 0 Å². The third kappa shape index (κ3) is 0.529. The number of aromatic nitrogens is 1. The lowest BCUT2D eigenvalue weighted by atomic mass is 10.1. The Balaban J connectivity index is 2.64. The summed E-state index contributed by atoms with van der Waals surface area (Å²) in [6.45, 7) is 2.82. The van der Waals surface area contributed by atoms with Gasteiger partial charge in [0.1, 0.15) is 12.4 Å². The summed E-state index contributed by atoms with van der Waals surface area (Å²) >= 11 is 0. The molecule has 2 heteroatoms. The highest BCUT2D eigenvalue weighted by molar-refractivity contribution is 5.40. The topological polar surface area (TPSA) is 22.1 Å². The van der Waals surface area contributed by atoms with Crippen molar-refractivity contribution < 1.29 is 4.74 Å². The second-order valence-electron chi connectivity index (χ2n) is 2.22. The highest BCUT2D eigenvalue weighted by Crippen LogP contribution is 2.29. The van der Waals surface area contributed by atoms with Crippen LogP contribution in [0.4, 0.5) is 0 Å². The maximum Gasteiger partial charge on any atom is 0.144 e. The number of nitrogens with zero attached hydrogens (tertiary/aromatic N) is 1. The molecule has 2 nitrogen and oxygen atoms in total. The molecule has 9 heavy (non-hydrogen) atoms. The van der Waals surface area contributed by atoms with Crippen LogP contribution in [-0.2, 0) is 6.61 Å². The maximum absolute atomic E-state index is 5.09. The van der Waals surface area contributed by atoms with Gasteiger partial charge in [0.05, 0.1) is 6.20 Å². The van der Waals surface area contributed by atoms with E-state index in [4.69, 9.17) is 4.74 Å². The van der Waals surface area contributed by atoms with Gasteiger partial charge in [-0.2, -0.15) is 0 Å². The Morgan fingerprint density at radius 2 is 2.44 bits per heavy atom. The van der Waals surface area contributed by atoms with Gasteiger partial charge in [0.25, 0.3) is 0 Å². The molecule has 1 aromatic heterocycles. The van der Waals surface area contributed by atoms with Crippen LogP contribution in [0.25, 0.3) is 0 Å². The van der Waals surface area contributed by atoms with Gasteiger partial charge in [-0.05, 0) is 12.5 Å². The first-order valence-electron chi connectivity index (χ1n) is 2.94. The lowest BCUT2D eigenvalue weighted by Gasteiger charge is -2.20. The summed E-state index contributed by atoms with van der Waals surface area (Å²) < 4.78 is 5.09. The van der Waals surface area contributed by atoms with Crippen LogP contribution in [0.2, 0.25) is 0 Å². The van der Waals surface area contributed by atoms with Crippen LogP contribution in [0.15, 0.2) is 12.4 Å². The van der Waals surface area contributed by atoms with Crippen molar-refractivity contribution in [1.82, 2.24) is 4.98 Å². The minimum Gasteiger partial charge on any atom is -0.487 e. The molecule has 0 N–H and O–H groups in total. The number of aryl methyl sites for hydroxylation is 1. The lowest BCUT2D eigenvalue weighted by Crippen LogP contribution is -2.11. The van der Waals surface area contributed by atoms with Gasteiger partial charge < -0.3 is 4.74 Å². The fourth-order valence-corrected chi connectivity index (χ4v) is 0.946. The fraction of sp³-hybridized carbons (Fsp3) is 0.286. The van der Waals surface area contributed by atoms with E-state index in [0.717, 1.165) is 12.4 Å². The van der Waals surface area contributed by atoms with Gasteiger partial charge in [-0.1, -0.05) is 0 Å². The fourth-order valence-electron chi connectivity index (χ4n) is 0.946. The van der Waals surface area contributed by atoms with E-state index in [1.165, 1.54) is 11.1 Å². The molecule has 1 aliphatic heterocycles. The van der Waals surface area contributed by atoms with Crippen molar-refractivity contribution in [2.75, 3.05) is 0 Å². The number of rotatable bonds is 0. The molecule has 0 atom stereocenters. The molecule has 0 saturated heterocycles. The number of ether oxygens (including phenoxy) is 1. The van der Waals surface area contributed by atoms with E-state index in [1.54, 1.807) is 6.20 Å². The smallest absolute Gasteiger partial charge is 0.144 e. The molecule has 0 spiro atoms. The van der Waals surface area contributed by atoms with E-state index in [1.807, 2.05) is 13.1 Å². The average molecular weight is 121 g/mol. The monoisotopic (exact) mass is 121 g/mol. The Labute approximate surface area is 53.5 Å². The summed E-state index contributed by atoms with van der Waals surface area (Å²) in [6, 6.07) is 0. The third-order valence-electron chi connectivity index (χ3n) is 1.61.